The van der Waals surface area contributed by atoms with E-state index >= 15 is 0 Å². The molecule has 2 fully saturated rings. The van der Waals surface area contributed by atoms with Gasteiger partial charge < -0.3 is 14.7 Å². The third kappa shape index (κ3) is 3.38. The molecule has 1 amide bonds. The monoisotopic (exact) mass is 303 g/mol. The van der Waals surface area contributed by atoms with Crippen LogP contribution in [-0.2, 0) is 4.79 Å². The summed E-state index contributed by atoms with van der Waals surface area (Å²) in [4.78, 5) is 27.1. The van der Waals surface area contributed by atoms with Gasteiger partial charge in [0, 0.05) is 45.6 Å². The Kier molecular flexibility index (Phi) is 4.57. The summed E-state index contributed by atoms with van der Waals surface area (Å²) in [6.07, 6.45) is 6.27. The van der Waals surface area contributed by atoms with Gasteiger partial charge in [0.25, 0.3) is 0 Å². The van der Waals surface area contributed by atoms with E-state index in [1.165, 1.54) is 19.4 Å². The van der Waals surface area contributed by atoms with Crippen LogP contribution in [-0.4, -0.2) is 72.0 Å². The molecule has 22 heavy (non-hydrogen) atoms. The maximum absolute atomic E-state index is 11.4. The number of carbonyl (C=O) groups excluding carboxylic acids is 1. The first kappa shape index (κ1) is 15.2. The predicted molar refractivity (Wildman–Crippen MR) is 86.0 cm³/mol. The van der Waals surface area contributed by atoms with Crippen LogP contribution in [0, 0.1) is 0 Å². The van der Waals surface area contributed by atoms with E-state index in [9.17, 15) is 4.79 Å². The van der Waals surface area contributed by atoms with E-state index in [2.05, 4.69) is 26.8 Å². The lowest BCUT2D eigenvalue weighted by atomic mass is 9.95. The number of likely N-dealkylation sites (N-methyl/N-ethyl adjacent to an activating group) is 1. The van der Waals surface area contributed by atoms with E-state index in [0.29, 0.717) is 5.92 Å². The van der Waals surface area contributed by atoms with Crippen LogP contribution in [0.1, 0.15) is 31.4 Å². The zero-order chi connectivity index (χ0) is 15.5. The summed E-state index contributed by atoms with van der Waals surface area (Å²) < 4.78 is 0. The van der Waals surface area contributed by atoms with Crippen LogP contribution in [0.15, 0.2) is 12.4 Å². The van der Waals surface area contributed by atoms with Gasteiger partial charge in [-0.2, -0.15) is 0 Å². The van der Waals surface area contributed by atoms with Crippen LogP contribution in [0.25, 0.3) is 0 Å². The molecule has 120 valence electrons. The number of carbonyl (C=O) groups is 1. The number of likely N-dealkylation sites (tertiary alicyclic amines) is 1. The lowest BCUT2D eigenvalue weighted by Crippen LogP contribution is -2.48. The van der Waals surface area contributed by atoms with Gasteiger partial charge in [-0.1, -0.05) is 0 Å². The molecule has 0 saturated carbocycles. The Hall–Kier alpha value is -1.69. The van der Waals surface area contributed by atoms with Gasteiger partial charge in [-0.25, -0.2) is 4.98 Å². The third-order valence-corrected chi connectivity index (χ3v) is 4.75. The van der Waals surface area contributed by atoms with Gasteiger partial charge in [0.2, 0.25) is 5.91 Å². The van der Waals surface area contributed by atoms with E-state index in [-0.39, 0.29) is 5.91 Å². The Labute approximate surface area is 132 Å². The molecule has 3 heterocycles. The summed E-state index contributed by atoms with van der Waals surface area (Å²) in [7, 11) is 2.17. The molecule has 2 saturated heterocycles. The SMILES string of the molecule is CC(=O)N1CCN(c2cnc(C3CCCN(C)C3)cn2)CC1. The van der Waals surface area contributed by atoms with Crippen LogP contribution in [0.2, 0.25) is 0 Å². The minimum absolute atomic E-state index is 0.155. The summed E-state index contributed by atoms with van der Waals surface area (Å²) in [6, 6.07) is 0. The van der Waals surface area contributed by atoms with Gasteiger partial charge in [0.15, 0.2) is 0 Å². The normalized spacial score (nSPS) is 23.6. The van der Waals surface area contributed by atoms with Crippen LogP contribution < -0.4 is 4.90 Å². The number of anilines is 1. The number of piperazine rings is 1. The topological polar surface area (TPSA) is 52.6 Å². The number of aromatic nitrogens is 2. The van der Waals surface area contributed by atoms with Crippen molar-refractivity contribution >= 4 is 11.7 Å². The van der Waals surface area contributed by atoms with Crippen LogP contribution in [0.5, 0.6) is 0 Å². The van der Waals surface area contributed by atoms with Crippen LogP contribution >= 0.6 is 0 Å². The molecule has 0 bridgehead atoms. The first-order chi connectivity index (χ1) is 10.6. The molecule has 3 rings (SSSR count). The molecule has 1 aromatic heterocycles. The van der Waals surface area contributed by atoms with E-state index in [4.69, 9.17) is 0 Å². The fourth-order valence-corrected chi connectivity index (χ4v) is 3.36. The molecule has 0 radical (unpaired) electrons. The number of nitrogens with zero attached hydrogens (tertiary/aromatic N) is 5. The summed E-state index contributed by atoms with van der Waals surface area (Å²) in [5, 5.41) is 0. The highest BCUT2D eigenvalue weighted by atomic mass is 16.2. The Morgan fingerprint density at radius 1 is 1.14 bits per heavy atom. The standard InChI is InChI=1S/C16H25N5O/c1-13(22)20-6-8-21(9-7-20)16-11-17-15(10-18-16)14-4-3-5-19(2)12-14/h10-11,14H,3-9,12H2,1-2H3. The third-order valence-electron chi connectivity index (χ3n) is 4.75. The molecule has 0 aliphatic carbocycles. The average Bonchev–Trinajstić information content (AvgIpc) is 2.55. The zero-order valence-corrected chi connectivity index (χ0v) is 13.5. The highest BCUT2D eigenvalue weighted by molar-refractivity contribution is 5.73. The Morgan fingerprint density at radius 3 is 2.50 bits per heavy atom. The van der Waals surface area contributed by atoms with Crippen molar-refractivity contribution in [1.29, 1.82) is 0 Å². The minimum atomic E-state index is 0.155. The molecular weight excluding hydrogens is 278 g/mol. The second-order valence-electron chi connectivity index (χ2n) is 6.39. The first-order valence-corrected chi connectivity index (χ1v) is 8.14. The molecule has 2 aliphatic rings. The maximum Gasteiger partial charge on any atom is 0.219 e. The quantitative estimate of drug-likeness (QED) is 0.814. The van der Waals surface area contributed by atoms with E-state index in [1.807, 2.05) is 17.3 Å². The summed E-state index contributed by atoms with van der Waals surface area (Å²) in [5.41, 5.74) is 1.11. The summed E-state index contributed by atoms with van der Waals surface area (Å²) in [5.74, 6) is 1.59. The molecule has 6 nitrogen and oxygen atoms in total. The van der Waals surface area contributed by atoms with E-state index in [1.54, 1.807) is 6.92 Å². The van der Waals surface area contributed by atoms with Crippen molar-refractivity contribution in [2.75, 3.05) is 51.2 Å². The first-order valence-electron chi connectivity index (χ1n) is 8.14. The van der Waals surface area contributed by atoms with Gasteiger partial charge in [-0.3, -0.25) is 9.78 Å². The van der Waals surface area contributed by atoms with Crippen molar-refractivity contribution in [2.45, 2.75) is 25.7 Å². The molecule has 1 atom stereocenters. The fraction of sp³-hybridized carbons (Fsp3) is 0.688. The molecule has 1 aromatic rings. The molecular formula is C16H25N5O. The van der Waals surface area contributed by atoms with Crippen molar-refractivity contribution in [3.63, 3.8) is 0 Å². The predicted octanol–water partition coefficient (Wildman–Crippen LogP) is 0.954. The van der Waals surface area contributed by atoms with Gasteiger partial charge in [-0.15, -0.1) is 0 Å². The Morgan fingerprint density at radius 2 is 1.91 bits per heavy atom. The Bertz CT molecular complexity index is 510. The van der Waals surface area contributed by atoms with E-state index < -0.39 is 0 Å². The zero-order valence-electron chi connectivity index (χ0n) is 13.5. The van der Waals surface area contributed by atoms with Crippen molar-refractivity contribution < 1.29 is 4.79 Å². The number of amides is 1. The van der Waals surface area contributed by atoms with Gasteiger partial charge in [0.1, 0.15) is 5.82 Å². The highest BCUT2D eigenvalue weighted by Crippen LogP contribution is 2.25. The van der Waals surface area contributed by atoms with Gasteiger partial charge >= 0.3 is 0 Å². The van der Waals surface area contributed by atoms with Gasteiger partial charge in [0.05, 0.1) is 18.1 Å². The number of piperidine rings is 1. The average molecular weight is 303 g/mol. The van der Waals surface area contributed by atoms with E-state index in [0.717, 1.165) is 44.2 Å². The molecule has 0 spiro atoms. The molecule has 0 aromatic carbocycles. The number of hydrogen-bond donors (Lipinski definition) is 0. The molecule has 1 unspecified atom stereocenters. The second kappa shape index (κ2) is 6.60. The smallest absolute Gasteiger partial charge is 0.219 e. The lowest BCUT2D eigenvalue weighted by Gasteiger charge is -2.35. The van der Waals surface area contributed by atoms with Crippen molar-refractivity contribution in [3.8, 4) is 0 Å². The lowest BCUT2D eigenvalue weighted by molar-refractivity contribution is -0.129. The fourth-order valence-electron chi connectivity index (χ4n) is 3.36. The molecule has 0 N–H and O–H groups in total. The van der Waals surface area contributed by atoms with Gasteiger partial charge in [-0.05, 0) is 26.4 Å². The van der Waals surface area contributed by atoms with Crippen LogP contribution in [0.4, 0.5) is 5.82 Å². The largest absolute Gasteiger partial charge is 0.352 e. The molecule has 6 heteroatoms. The van der Waals surface area contributed by atoms with Crippen molar-refractivity contribution in [1.82, 2.24) is 19.8 Å². The van der Waals surface area contributed by atoms with Crippen molar-refractivity contribution in [2.24, 2.45) is 0 Å². The minimum Gasteiger partial charge on any atom is -0.352 e. The number of rotatable bonds is 2. The van der Waals surface area contributed by atoms with Crippen LogP contribution in [0.3, 0.4) is 0 Å². The Balaban J connectivity index is 1.61. The van der Waals surface area contributed by atoms with Crippen molar-refractivity contribution in [3.05, 3.63) is 18.1 Å². The molecule has 2 aliphatic heterocycles. The second-order valence-corrected chi connectivity index (χ2v) is 6.39. The maximum atomic E-state index is 11.4. The number of hydrogen-bond acceptors (Lipinski definition) is 5. The summed E-state index contributed by atoms with van der Waals surface area (Å²) >= 11 is 0. The summed E-state index contributed by atoms with van der Waals surface area (Å²) in [6.45, 7) is 7.09. The highest BCUT2D eigenvalue weighted by Gasteiger charge is 2.22.